The molecule has 0 bridgehead atoms. The van der Waals surface area contributed by atoms with Gasteiger partial charge in [0.25, 0.3) is 5.91 Å². The highest BCUT2D eigenvalue weighted by Gasteiger charge is 2.21. The Balaban J connectivity index is 1.83. The molecule has 1 unspecified atom stereocenters. The molecule has 0 aliphatic rings. The van der Waals surface area contributed by atoms with E-state index >= 15 is 0 Å². The molecule has 0 saturated carbocycles. The molecule has 0 radical (unpaired) electrons. The van der Waals surface area contributed by atoms with Crippen molar-refractivity contribution in [3.05, 3.63) is 52.0 Å². The molecule has 2 rings (SSSR count). The van der Waals surface area contributed by atoms with Crippen LogP contribution in [0.2, 0.25) is 0 Å². The minimum atomic E-state index is -1.22. The molecule has 1 aromatic carbocycles. The molecule has 1 heterocycles. The predicted molar refractivity (Wildman–Crippen MR) is 102 cm³/mol. The summed E-state index contributed by atoms with van der Waals surface area (Å²) in [5.41, 5.74) is 0.819. The minimum absolute atomic E-state index is 0.0142. The summed E-state index contributed by atoms with van der Waals surface area (Å²) in [6, 6.07) is 7.76. The summed E-state index contributed by atoms with van der Waals surface area (Å²) < 4.78 is 5.02. The quantitative estimate of drug-likeness (QED) is 0.447. The van der Waals surface area contributed by atoms with Crippen LogP contribution >= 0.6 is 11.3 Å². The van der Waals surface area contributed by atoms with Crippen LogP contribution in [0.5, 0.6) is 0 Å². The molecular formula is C18H19N3O7S. The van der Waals surface area contributed by atoms with Crippen molar-refractivity contribution < 1.29 is 34.1 Å². The van der Waals surface area contributed by atoms with Crippen LogP contribution in [0.3, 0.4) is 0 Å². The molecule has 0 spiro atoms. The number of carboxylic acid groups (broad SMARTS) is 2. The van der Waals surface area contributed by atoms with Crippen molar-refractivity contribution in [3.63, 3.8) is 0 Å². The molecule has 0 saturated heterocycles. The normalized spacial score (nSPS) is 11.3. The highest BCUT2D eigenvalue weighted by atomic mass is 32.1. The molecule has 0 fully saturated rings. The van der Waals surface area contributed by atoms with Gasteiger partial charge < -0.3 is 25.6 Å². The Morgan fingerprint density at radius 2 is 1.86 bits per heavy atom. The number of aromatic nitrogens is 1. The van der Waals surface area contributed by atoms with E-state index in [1.165, 1.54) is 5.38 Å². The number of carboxylic acids is 2. The van der Waals surface area contributed by atoms with Crippen molar-refractivity contribution in [2.45, 2.75) is 25.5 Å². The lowest BCUT2D eigenvalue weighted by Crippen LogP contribution is -2.41. The molecular weight excluding hydrogens is 402 g/mol. The van der Waals surface area contributed by atoms with Crippen molar-refractivity contribution in [1.82, 2.24) is 15.6 Å². The van der Waals surface area contributed by atoms with Gasteiger partial charge in [-0.1, -0.05) is 30.3 Å². The van der Waals surface area contributed by atoms with E-state index in [9.17, 15) is 24.3 Å². The third kappa shape index (κ3) is 7.58. The number of carbonyl (C=O) groups excluding carboxylic acids is 2. The first-order valence-corrected chi connectivity index (χ1v) is 9.37. The topological polar surface area (TPSA) is 155 Å². The number of aryl methyl sites for hydroxylation is 1. The zero-order chi connectivity index (χ0) is 21.2. The first kappa shape index (κ1) is 21.8. The Bertz CT molecular complexity index is 869. The van der Waals surface area contributed by atoms with Crippen LogP contribution in [0.1, 0.15) is 27.5 Å². The first-order valence-electron chi connectivity index (χ1n) is 8.49. The largest absolute Gasteiger partial charge is 0.480 e. The van der Waals surface area contributed by atoms with E-state index in [-0.39, 0.29) is 25.1 Å². The fraction of sp³-hybridized carbons (Fsp3) is 0.278. The minimum Gasteiger partial charge on any atom is -0.480 e. The smallest absolute Gasteiger partial charge is 0.408 e. The molecule has 11 heteroatoms. The van der Waals surface area contributed by atoms with Crippen LogP contribution in [0.15, 0.2) is 35.7 Å². The average Bonchev–Trinajstić information content (AvgIpc) is 3.17. The van der Waals surface area contributed by atoms with Crippen molar-refractivity contribution in [3.8, 4) is 0 Å². The Kier molecular flexibility index (Phi) is 8.10. The zero-order valence-corrected chi connectivity index (χ0v) is 16.0. The summed E-state index contributed by atoms with van der Waals surface area (Å²) >= 11 is 1.14. The van der Waals surface area contributed by atoms with E-state index in [0.717, 1.165) is 16.9 Å². The van der Waals surface area contributed by atoms with Gasteiger partial charge in [-0.2, -0.15) is 0 Å². The molecule has 2 amide bonds. The molecule has 29 heavy (non-hydrogen) atoms. The molecule has 1 aromatic heterocycles. The summed E-state index contributed by atoms with van der Waals surface area (Å²) in [5.74, 6) is -3.03. The van der Waals surface area contributed by atoms with E-state index in [2.05, 4.69) is 15.6 Å². The highest BCUT2D eigenvalue weighted by molar-refractivity contribution is 7.09. The van der Waals surface area contributed by atoms with Gasteiger partial charge in [-0.3, -0.25) is 9.59 Å². The molecule has 1 atom stereocenters. The number of alkyl carbamates (subject to hydrolysis) is 1. The van der Waals surface area contributed by atoms with Gasteiger partial charge in [0.15, 0.2) is 0 Å². The van der Waals surface area contributed by atoms with E-state index in [0.29, 0.717) is 5.01 Å². The predicted octanol–water partition coefficient (Wildman–Crippen LogP) is 1.27. The van der Waals surface area contributed by atoms with Crippen molar-refractivity contribution in [2.75, 3.05) is 6.54 Å². The third-order valence-electron chi connectivity index (χ3n) is 3.63. The van der Waals surface area contributed by atoms with E-state index in [1.807, 2.05) is 6.07 Å². The second kappa shape index (κ2) is 10.8. The van der Waals surface area contributed by atoms with Gasteiger partial charge in [0.2, 0.25) is 0 Å². The summed E-state index contributed by atoms with van der Waals surface area (Å²) in [4.78, 5) is 49.5. The van der Waals surface area contributed by atoms with Crippen molar-refractivity contribution in [2.24, 2.45) is 0 Å². The molecule has 0 aliphatic heterocycles. The number of hydrogen-bond acceptors (Lipinski definition) is 7. The summed E-state index contributed by atoms with van der Waals surface area (Å²) in [5, 5.41) is 24.3. The second-order valence-corrected chi connectivity index (χ2v) is 6.78. The maximum Gasteiger partial charge on any atom is 0.408 e. The second-order valence-electron chi connectivity index (χ2n) is 5.84. The van der Waals surface area contributed by atoms with Gasteiger partial charge in [0.1, 0.15) is 24.9 Å². The molecule has 10 nitrogen and oxygen atoms in total. The number of nitrogens with zero attached hydrogens (tertiary/aromatic N) is 1. The first-order chi connectivity index (χ1) is 13.8. The van der Waals surface area contributed by atoms with E-state index in [4.69, 9.17) is 9.84 Å². The van der Waals surface area contributed by atoms with Gasteiger partial charge in [-0.25, -0.2) is 14.6 Å². The molecule has 154 valence electrons. The number of benzene rings is 1. The third-order valence-corrected chi connectivity index (χ3v) is 4.54. The SMILES string of the molecule is O=C(O)CNC(=O)c1csc(CCC(NC(=O)OCc2ccccc2)C(=O)O)n1. The summed E-state index contributed by atoms with van der Waals surface area (Å²) in [6.45, 7) is -0.512. The van der Waals surface area contributed by atoms with Crippen LogP contribution in [0, 0.1) is 0 Å². The monoisotopic (exact) mass is 421 g/mol. The van der Waals surface area contributed by atoms with E-state index < -0.39 is 36.5 Å². The standard InChI is InChI=1S/C18H19N3O7S/c22-15(23)8-19-16(24)13-10-29-14(20-13)7-6-12(17(25)26)21-18(27)28-9-11-4-2-1-3-5-11/h1-5,10,12H,6-9H2,(H,19,24)(H,21,27)(H,22,23)(H,25,26). The van der Waals surface area contributed by atoms with Crippen molar-refractivity contribution in [1.29, 1.82) is 0 Å². The lowest BCUT2D eigenvalue weighted by atomic mass is 10.1. The Hall–Kier alpha value is -3.47. The lowest BCUT2D eigenvalue weighted by Gasteiger charge is -2.14. The fourth-order valence-electron chi connectivity index (χ4n) is 2.21. The Labute approximate surface area is 169 Å². The number of carbonyl (C=O) groups is 4. The van der Waals surface area contributed by atoms with Crippen LogP contribution in [0.25, 0.3) is 0 Å². The van der Waals surface area contributed by atoms with Gasteiger partial charge in [0, 0.05) is 11.8 Å². The van der Waals surface area contributed by atoms with Crippen LogP contribution in [-0.2, 0) is 27.4 Å². The van der Waals surface area contributed by atoms with E-state index in [1.54, 1.807) is 24.3 Å². The maximum absolute atomic E-state index is 11.9. The average molecular weight is 421 g/mol. The number of rotatable bonds is 10. The van der Waals surface area contributed by atoms with Gasteiger partial charge >= 0.3 is 18.0 Å². The fourth-order valence-corrected chi connectivity index (χ4v) is 3.00. The Morgan fingerprint density at radius 1 is 1.14 bits per heavy atom. The van der Waals surface area contributed by atoms with Gasteiger partial charge in [0.05, 0.1) is 5.01 Å². The number of hydrogen-bond donors (Lipinski definition) is 4. The number of amides is 2. The number of ether oxygens (including phenoxy) is 1. The summed E-state index contributed by atoms with van der Waals surface area (Å²) in [6.07, 6.45) is -0.610. The van der Waals surface area contributed by atoms with Gasteiger partial charge in [-0.05, 0) is 12.0 Å². The summed E-state index contributed by atoms with van der Waals surface area (Å²) in [7, 11) is 0. The van der Waals surface area contributed by atoms with Crippen LogP contribution in [0.4, 0.5) is 4.79 Å². The highest BCUT2D eigenvalue weighted by Crippen LogP contribution is 2.13. The Morgan fingerprint density at radius 3 is 2.52 bits per heavy atom. The zero-order valence-electron chi connectivity index (χ0n) is 15.2. The maximum atomic E-state index is 11.9. The number of thiazole rings is 1. The number of aliphatic carboxylic acids is 2. The number of nitrogens with one attached hydrogen (secondary N) is 2. The lowest BCUT2D eigenvalue weighted by molar-refractivity contribution is -0.139. The van der Waals surface area contributed by atoms with Crippen molar-refractivity contribution >= 4 is 35.3 Å². The van der Waals surface area contributed by atoms with Crippen LogP contribution in [-0.4, -0.2) is 51.7 Å². The molecule has 0 aliphatic carbocycles. The van der Waals surface area contributed by atoms with Gasteiger partial charge in [-0.15, -0.1) is 11.3 Å². The molecule has 2 aromatic rings. The molecule has 4 N–H and O–H groups in total. The van der Waals surface area contributed by atoms with Crippen LogP contribution < -0.4 is 10.6 Å².